The van der Waals surface area contributed by atoms with Gasteiger partial charge in [-0.15, -0.1) is 0 Å². The summed E-state index contributed by atoms with van der Waals surface area (Å²) >= 11 is 5.83. The first kappa shape index (κ1) is 21.0. The molecule has 32 heavy (non-hydrogen) atoms. The minimum absolute atomic E-state index is 0.0177. The molecule has 2 atom stereocenters. The Morgan fingerprint density at radius 2 is 1.88 bits per heavy atom. The number of nitrogens with one attached hydrogen (secondary N) is 1. The van der Waals surface area contributed by atoms with Crippen LogP contribution in [0.15, 0.2) is 67.1 Å². The minimum Gasteiger partial charge on any atom is -0.497 e. The van der Waals surface area contributed by atoms with Gasteiger partial charge in [-0.05, 0) is 66.5 Å². The molecule has 6 heteroatoms. The Morgan fingerprint density at radius 1 is 1.06 bits per heavy atom. The summed E-state index contributed by atoms with van der Waals surface area (Å²) in [5.74, 6) is 0.864. The van der Waals surface area contributed by atoms with Crippen molar-refractivity contribution < 1.29 is 4.74 Å². The fraction of sp³-hybridized carbons (Fsp3) is 0.385. The van der Waals surface area contributed by atoms with E-state index < -0.39 is 0 Å². The van der Waals surface area contributed by atoms with Gasteiger partial charge in [-0.25, -0.2) is 0 Å². The lowest BCUT2D eigenvalue weighted by Crippen LogP contribution is -2.29. The molecule has 1 aliphatic carbocycles. The molecule has 2 aliphatic rings. The van der Waals surface area contributed by atoms with Gasteiger partial charge < -0.3 is 19.5 Å². The molecule has 0 unspecified atom stereocenters. The highest BCUT2D eigenvalue weighted by Crippen LogP contribution is 2.40. The number of pyridine rings is 1. The number of benzene rings is 1. The number of thiocarbonyl (C=S) groups is 1. The quantitative estimate of drug-likeness (QED) is 0.502. The molecule has 0 radical (unpaired) electrons. The van der Waals surface area contributed by atoms with Gasteiger partial charge in [0, 0.05) is 31.2 Å². The number of ether oxygens (including phenoxy) is 1. The van der Waals surface area contributed by atoms with E-state index in [0.717, 1.165) is 23.1 Å². The summed E-state index contributed by atoms with van der Waals surface area (Å²) in [5, 5.41) is 4.33. The summed E-state index contributed by atoms with van der Waals surface area (Å²) in [6.07, 6.45) is 13.0. The number of nitrogens with zero attached hydrogens (tertiary/aromatic N) is 3. The molecule has 3 aromatic rings. The predicted molar refractivity (Wildman–Crippen MR) is 131 cm³/mol. The van der Waals surface area contributed by atoms with Crippen molar-refractivity contribution in [2.24, 2.45) is 0 Å². The van der Waals surface area contributed by atoms with Gasteiger partial charge in [0.05, 0.1) is 24.9 Å². The van der Waals surface area contributed by atoms with Gasteiger partial charge in [-0.1, -0.05) is 37.5 Å². The number of hydrogen-bond acceptors (Lipinski definition) is 3. The van der Waals surface area contributed by atoms with Gasteiger partial charge in [0.15, 0.2) is 5.11 Å². The van der Waals surface area contributed by atoms with Crippen molar-refractivity contribution >= 4 is 17.3 Å². The van der Waals surface area contributed by atoms with Crippen molar-refractivity contribution in [3.8, 4) is 5.75 Å². The summed E-state index contributed by atoms with van der Waals surface area (Å²) < 4.78 is 7.75. The van der Waals surface area contributed by atoms with Gasteiger partial charge in [0.25, 0.3) is 0 Å². The molecule has 3 heterocycles. The average molecular weight is 447 g/mol. The van der Waals surface area contributed by atoms with Crippen molar-refractivity contribution in [3.63, 3.8) is 0 Å². The van der Waals surface area contributed by atoms with Crippen LogP contribution >= 0.6 is 12.2 Å². The summed E-state index contributed by atoms with van der Waals surface area (Å²) in [6.45, 7) is 0.735. The summed E-state index contributed by atoms with van der Waals surface area (Å²) in [7, 11) is 1.69. The molecule has 2 aromatic heterocycles. The maximum atomic E-state index is 5.83. The van der Waals surface area contributed by atoms with Crippen molar-refractivity contribution in [1.82, 2.24) is 19.8 Å². The van der Waals surface area contributed by atoms with Gasteiger partial charge in [-0.2, -0.15) is 0 Å². The van der Waals surface area contributed by atoms with Crippen LogP contribution in [-0.2, 0) is 6.54 Å². The fourth-order valence-corrected chi connectivity index (χ4v) is 5.38. The van der Waals surface area contributed by atoms with Crippen LogP contribution in [0.25, 0.3) is 0 Å². The van der Waals surface area contributed by atoms with E-state index in [1.807, 2.05) is 30.5 Å². The van der Waals surface area contributed by atoms with Crippen LogP contribution in [0.3, 0.4) is 0 Å². The highest BCUT2D eigenvalue weighted by atomic mass is 32.1. The Labute approximate surface area is 195 Å². The number of rotatable bonds is 6. The molecule has 1 saturated heterocycles. The average Bonchev–Trinajstić information content (AvgIpc) is 3.46. The molecule has 0 spiro atoms. The first-order chi connectivity index (χ1) is 15.7. The third-order valence-electron chi connectivity index (χ3n) is 6.78. The highest BCUT2D eigenvalue weighted by Gasteiger charge is 2.40. The molecule has 1 aromatic carbocycles. The van der Waals surface area contributed by atoms with Gasteiger partial charge in [-0.3, -0.25) is 4.98 Å². The molecule has 0 bridgehead atoms. The van der Waals surface area contributed by atoms with Crippen LogP contribution in [0.2, 0.25) is 0 Å². The topological polar surface area (TPSA) is 42.3 Å². The SMILES string of the molecule is COc1ccc(CN2C(=S)N[C@@H](c3ccccn3)[C@@H]2c2ccn(C3CCCCC3)c2)cc1. The van der Waals surface area contributed by atoms with E-state index >= 15 is 0 Å². The van der Waals surface area contributed by atoms with Crippen molar-refractivity contribution in [2.45, 2.75) is 56.8 Å². The van der Waals surface area contributed by atoms with Gasteiger partial charge in [0.2, 0.25) is 0 Å². The normalized spacial score (nSPS) is 21.5. The Kier molecular flexibility index (Phi) is 6.12. The molecule has 5 nitrogen and oxygen atoms in total. The van der Waals surface area contributed by atoms with E-state index in [0.29, 0.717) is 6.04 Å². The van der Waals surface area contributed by atoms with Crippen molar-refractivity contribution in [2.75, 3.05) is 7.11 Å². The monoisotopic (exact) mass is 446 g/mol. The lowest BCUT2D eigenvalue weighted by atomic mass is 9.95. The van der Waals surface area contributed by atoms with E-state index in [1.54, 1.807) is 7.11 Å². The molecule has 1 aliphatic heterocycles. The van der Waals surface area contributed by atoms with Gasteiger partial charge >= 0.3 is 0 Å². The van der Waals surface area contributed by atoms with E-state index in [4.69, 9.17) is 17.0 Å². The highest BCUT2D eigenvalue weighted by molar-refractivity contribution is 7.80. The zero-order valence-electron chi connectivity index (χ0n) is 18.5. The molecule has 1 N–H and O–H groups in total. The second-order valence-corrected chi connectivity index (χ2v) is 9.17. The smallest absolute Gasteiger partial charge is 0.170 e. The predicted octanol–water partition coefficient (Wildman–Crippen LogP) is 5.57. The van der Waals surface area contributed by atoms with Crippen LogP contribution in [0.1, 0.15) is 67.1 Å². The molecule has 0 amide bonds. The molecular formula is C26H30N4OS. The summed E-state index contributed by atoms with van der Waals surface area (Å²) in [6, 6.07) is 17.3. The van der Waals surface area contributed by atoms with Crippen LogP contribution < -0.4 is 10.1 Å². The molecule has 166 valence electrons. The first-order valence-corrected chi connectivity index (χ1v) is 11.9. The fourth-order valence-electron chi connectivity index (χ4n) is 5.08. The molecule has 2 fully saturated rings. The van der Waals surface area contributed by atoms with Crippen molar-refractivity contribution in [1.29, 1.82) is 0 Å². The Bertz CT molecular complexity index is 1040. The van der Waals surface area contributed by atoms with E-state index in [2.05, 4.69) is 56.4 Å². The molecule has 1 saturated carbocycles. The zero-order chi connectivity index (χ0) is 21.9. The second kappa shape index (κ2) is 9.33. The minimum atomic E-state index is 0.0177. The van der Waals surface area contributed by atoms with Crippen LogP contribution in [0, 0.1) is 0 Å². The first-order valence-electron chi connectivity index (χ1n) is 11.5. The number of aromatic nitrogens is 2. The second-order valence-electron chi connectivity index (χ2n) is 8.79. The van der Waals surface area contributed by atoms with Crippen LogP contribution in [0.4, 0.5) is 0 Å². The van der Waals surface area contributed by atoms with E-state index in [9.17, 15) is 0 Å². The molecule has 5 rings (SSSR count). The van der Waals surface area contributed by atoms with Crippen LogP contribution in [0.5, 0.6) is 5.75 Å². The Balaban J connectivity index is 1.47. The largest absolute Gasteiger partial charge is 0.497 e. The Morgan fingerprint density at radius 3 is 2.59 bits per heavy atom. The van der Waals surface area contributed by atoms with E-state index in [1.165, 1.54) is 43.2 Å². The summed E-state index contributed by atoms with van der Waals surface area (Å²) in [4.78, 5) is 6.96. The van der Waals surface area contributed by atoms with Crippen molar-refractivity contribution in [3.05, 3.63) is 83.9 Å². The third-order valence-corrected chi connectivity index (χ3v) is 7.14. The Hall–Kier alpha value is -2.86. The maximum Gasteiger partial charge on any atom is 0.170 e. The number of hydrogen-bond donors (Lipinski definition) is 1. The van der Waals surface area contributed by atoms with Gasteiger partial charge in [0.1, 0.15) is 5.75 Å². The molecular weight excluding hydrogens is 416 g/mol. The lowest BCUT2D eigenvalue weighted by molar-refractivity contribution is 0.309. The number of methoxy groups -OCH3 is 1. The lowest BCUT2D eigenvalue weighted by Gasteiger charge is -2.28. The standard InChI is InChI=1S/C26H30N4OS/c1-31-22-12-10-19(11-13-22)17-30-25(24(28-26(30)32)23-9-5-6-15-27-23)20-14-16-29(18-20)21-7-3-2-4-8-21/h5-6,9-16,18,21,24-25H,2-4,7-8,17H2,1H3,(H,28,32)/t24-,25-/m0/s1. The maximum absolute atomic E-state index is 5.83. The van der Waals surface area contributed by atoms with E-state index in [-0.39, 0.29) is 12.1 Å². The van der Waals surface area contributed by atoms with Crippen LogP contribution in [-0.4, -0.2) is 26.7 Å². The zero-order valence-corrected chi connectivity index (χ0v) is 19.3. The third kappa shape index (κ3) is 4.24. The summed E-state index contributed by atoms with van der Waals surface area (Å²) in [5.41, 5.74) is 3.50.